The molecule has 4 aliphatic rings. The van der Waals surface area contributed by atoms with Crippen molar-refractivity contribution < 1.29 is 4.74 Å². The molecule has 4 bridgehead atoms. The third kappa shape index (κ3) is 0.672. The Balaban J connectivity index is 1.90. The van der Waals surface area contributed by atoms with Crippen LogP contribution in [0.4, 0.5) is 0 Å². The van der Waals surface area contributed by atoms with E-state index >= 15 is 0 Å². The molecule has 55 valence electrons. The Hall–Kier alpha value is -0.0400. The first-order valence-electron chi connectivity index (χ1n) is 4.41. The predicted molar refractivity (Wildman–Crippen MR) is 38.2 cm³/mol. The molecule has 4 rings (SSSR count). The summed E-state index contributed by atoms with van der Waals surface area (Å²) in [6.07, 6.45) is 8.90. The van der Waals surface area contributed by atoms with Gasteiger partial charge in [0.05, 0.1) is 12.2 Å². The topological polar surface area (TPSA) is 9.23 Å². The average Bonchev–Trinajstić information content (AvgIpc) is 1.82. The van der Waals surface area contributed by atoms with Gasteiger partial charge in [0.15, 0.2) is 0 Å². The fraction of sp³-hybridized carbons (Fsp3) is 0.889. The average molecular weight is 137 g/mol. The van der Waals surface area contributed by atoms with Gasteiger partial charge in [-0.15, -0.1) is 0 Å². The molecule has 2 atom stereocenters. The molecule has 10 heavy (non-hydrogen) atoms. The molecular weight excluding hydrogens is 124 g/mol. The Bertz CT molecular complexity index is 96.3. The summed E-state index contributed by atoms with van der Waals surface area (Å²) in [5.74, 6) is 2.03. The lowest BCUT2D eigenvalue weighted by Crippen LogP contribution is -2.42. The maximum absolute atomic E-state index is 5.74. The minimum Gasteiger partial charge on any atom is -0.369 e. The van der Waals surface area contributed by atoms with Gasteiger partial charge in [-0.25, -0.2) is 0 Å². The lowest BCUT2D eigenvalue weighted by molar-refractivity contribution is -0.0961. The van der Waals surface area contributed by atoms with Gasteiger partial charge in [0.2, 0.25) is 0 Å². The first-order valence-corrected chi connectivity index (χ1v) is 4.41. The van der Waals surface area contributed by atoms with E-state index in [2.05, 4.69) is 0 Å². The minimum absolute atomic E-state index is 0.640. The molecule has 0 spiro atoms. The van der Waals surface area contributed by atoms with Gasteiger partial charge in [-0.05, 0) is 43.9 Å². The van der Waals surface area contributed by atoms with Gasteiger partial charge in [-0.1, -0.05) is 0 Å². The molecule has 2 aliphatic carbocycles. The fourth-order valence-electron chi connectivity index (χ4n) is 2.99. The molecule has 0 N–H and O–H groups in total. The van der Waals surface area contributed by atoms with Crippen molar-refractivity contribution >= 4 is 0 Å². The van der Waals surface area contributed by atoms with Gasteiger partial charge >= 0.3 is 0 Å². The fourth-order valence-corrected chi connectivity index (χ4v) is 2.99. The van der Waals surface area contributed by atoms with E-state index in [1.807, 2.05) is 0 Å². The van der Waals surface area contributed by atoms with Crippen LogP contribution in [0, 0.1) is 17.9 Å². The van der Waals surface area contributed by atoms with Gasteiger partial charge < -0.3 is 4.74 Å². The molecule has 2 unspecified atom stereocenters. The molecule has 0 aromatic rings. The smallest absolute Gasteiger partial charge is 0.0980 e. The minimum atomic E-state index is 0.640. The second-order valence-electron chi connectivity index (χ2n) is 4.13. The molecule has 2 aliphatic heterocycles. The normalized spacial score (nSPS) is 52.2. The van der Waals surface area contributed by atoms with Crippen molar-refractivity contribution in [1.82, 2.24) is 0 Å². The number of rotatable bonds is 0. The predicted octanol–water partition coefficient (Wildman–Crippen LogP) is 2.13. The van der Waals surface area contributed by atoms with E-state index in [0.29, 0.717) is 6.10 Å². The first-order chi connectivity index (χ1) is 4.90. The van der Waals surface area contributed by atoms with Gasteiger partial charge in [-0.2, -0.15) is 0 Å². The summed E-state index contributed by atoms with van der Waals surface area (Å²) in [5.41, 5.74) is 0. The van der Waals surface area contributed by atoms with Crippen LogP contribution in [0.2, 0.25) is 0 Å². The van der Waals surface area contributed by atoms with Gasteiger partial charge in [-0.3, -0.25) is 0 Å². The van der Waals surface area contributed by atoms with Crippen LogP contribution in [0.3, 0.4) is 0 Å². The third-order valence-electron chi connectivity index (χ3n) is 3.23. The van der Waals surface area contributed by atoms with Crippen molar-refractivity contribution in [3.63, 3.8) is 0 Å². The highest BCUT2D eigenvalue weighted by atomic mass is 16.5. The lowest BCUT2D eigenvalue weighted by atomic mass is 9.67. The summed E-state index contributed by atoms with van der Waals surface area (Å²) in [5, 5.41) is 0. The molecule has 0 aromatic heterocycles. The van der Waals surface area contributed by atoms with Crippen LogP contribution in [-0.2, 0) is 4.74 Å². The summed E-state index contributed by atoms with van der Waals surface area (Å²) in [6.45, 7) is 0. The maximum atomic E-state index is 5.74. The summed E-state index contributed by atoms with van der Waals surface area (Å²) >= 11 is 0. The first kappa shape index (κ1) is 5.59. The van der Waals surface area contributed by atoms with Crippen LogP contribution >= 0.6 is 0 Å². The summed E-state index contributed by atoms with van der Waals surface area (Å²) in [6, 6.07) is 0. The van der Waals surface area contributed by atoms with Crippen molar-refractivity contribution in [3.8, 4) is 0 Å². The molecule has 0 aromatic carbocycles. The van der Waals surface area contributed by atoms with E-state index < -0.39 is 0 Å². The van der Waals surface area contributed by atoms with Crippen LogP contribution in [-0.4, -0.2) is 6.10 Å². The number of hydrogen-bond acceptors (Lipinski definition) is 1. The quantitative estimate of drug-likeness (QED) is 0.497. The van der Waals surface area contributed by atoms with Crippen LogP contribution < -0.4 is 0 Å². The largest absolute Gasteiger partial charge is 0.369 e. The molecule has 4 fully saturated rings. The Labute approximate surface area is 61.8 Å². The third-order valence-corrected chi connectivity index (χ3v) is 3.23. The monoisotopic (exact) mass is 137 g/mol. The molecule has 2 heterocycles. The zero-order valence-electron chi connectivity index (χ0n) is 6.18. The second-order valence-corrected chi connectivity index (χ2v) is 4.13. The van der Waals surface area contributed by atoms with Crippen molar-refractivity contribution in [2.24, 2.45) is 11.8 Å². The van der Waals surface area contributed by atoms with Crippen LogP contribution in [0.15, 0.2) is 0 Å². The molecular formula is C9H13O. The molecule has 1 radical (unpaired) electrons. The van der Waals surface area contributed by atoms with E-state index in [0.717, 1.165) is 11.8 Å². The van der Waals surface area contributed by atoms with E-state index in [1.54, 1.807) is 0 Å². The van der Waals surface area contributed by atoms with Crippen LogP contribution in [0.25, 0.3) is 0 Å². The van der Waals surface area contributed by atoms with Gasteiger partial charge in [0.1, 0.15) is 0 Å². The Kier molecular flexibility index (Phi) is 0.984. The Morgan fingerprint density at radius 2 is 1.70 bits per heavy atom. The highest BCUT2D eigenvalue weighted by molar-refractivity contribution is 5.01. The molecule has 2 saturated heterocycles. The van der Waals surface area contributed by atoms with Crippen LogP contribution in [0.5, 0.6) is 0 Å². The standard InChI is InChI=1S/C9H13O/c1-6-2-8-4-7(1)5-9(3-6)10-8/h6-8H,1-5H2. The summed E-state index contributed by atoms with van der Waals surface area (Å²) in [4.78, 5) is 0. The van der Waals surface area contributed by atoms with Gasteiger partial charge in [0, 0.05) is 0 Å². The summed E-state index contributed by atoms with van der Waals surface area (Å²) < 4.78 is 5.74. The van der Waals surface area contributed by atoms with Crippen molar-refractivity contribution in [2.75, 3.05) is 0 Å². The van der Waals surface area contributed by atoms with Crippen molar-refractivity contribution in [1.29, 1.82) is 0 Å². The zero-order chi connectivity index (χ0) is 6.55. The van der Waals surface area contributed by atoms with Crippen molar-refractivity contribution in [2.45, 2.75) is 38.2 Å². The van der Waals surface area contributed by atoms with E-state index in [4.69, 9.17) is 4.74 Å². The maximum Gasteiger partial charge on any atom is 0.0980 e. The molecule has 1 heteroatoms. The molecule has 1 nitrogen and oxygen atoms in total. The van der Waals surface area contributed by atoms with Crippen molar-refractivity contribution in [3.05, 3.63) is 6.10 Å². The molecule has 0 amide bonds. The van der Waals surface area contributed by atoms with Gasteiger partial charge in [0.25, 0.3) is 0 Å². The highest BCUT2D eigenvalue weighted by Gasteiger charge is 2.43. The van der Waals surface area contributed by atoms with E-state index in [9.17, 15) is 0 Å². The van der Waals surface area contributed by atoms with E-state index in [-0.39, 0.29) is 0 Å². The SMILES string of the molecule is C1[C]2CC3CC1CC(C3)O2. The molecule has 2 saturated carbocycles. The number of ether oxygens (including phenoxy) is 1. The zero-order valence-corrected chi connectivity index (χ0v) is 6.18. The number of hydrogen-bond donors (Lipinski definition) is 0. The highest BCUT2D eigenvalue weighted by Crippen LogP contribution is 2.50. The van der Waals surface area contributed by atoms with E-state index in [1.165, 1.54) is 38.2 Å². The Morgan fingerprint density at radius 3 is 2.20 bits per heavy atom. The summed E-state index contributed by atoms with van der Waals surface area (Å²) in [7, 11) is 0. The lowest BCUT2D eigenvalue weighted by Gasteiger charge is -2.48. The second kappa shape index (κ2) is 1.76. The Morgan fingerprint density at radius 1 is 1.00 bits per heavy atom. The van der Waals surface area contributed by atoms with Crippen LogP contribution in [0.1, 0.15) is 32.1 Å².